The van der Waals surface area contributed by atoms with Gasteiger partial charge in [0.2, 0.25) is 0 Å². The quantitative estimate of drug-likeness (QED) is 0.131. The lowest BCUT2D eigenvalue weighted by atomic mass is 9.89. The van der Waals surface area contributed by atoms with Gasteiger partial charge in [-0.1, -0.05) is 120 Å². The first-order valence-corrected chi connectivity index (χ1v) is 15.0. The van der Waals surface area contributed by atoms with E-state index < -0.39 is 0 Å². The molecule has 0 atom stereocenters. The molecule has 2 heterocycles. The van der Waals surface area contributed by atoms with Crippen molar-refractivity contribution in [2.24, 2.45) is 0 Å². The van der Waals surface area contributed by atoms with E-state index in [2.05, 4.69) is 132 Å². The third-order valence-electron chi connectivity index (χ3n) is 8.39. The average Bonchev–Trinajstić information content (AvgIpc) is 3.47. The molecule has 0 amide bonds. The van der Waals surface area contributed by atoms with Crippen LogP contribution in [0.4, 0.5) is 0 Å². The fraction of sp³-hybridized carbons (Fsp3) is 0.0476. The zero-order valence-corrected chi connectivity index (χ0v) is 25.4. The molecule has 5 aromatic carbocycles. The molecule has 7 rings (SSSR count). The van der Waals surface area contributed by atoms with Crippen molar-refractivity contribution in [3.63, 3.8) is 0 Å². The van der Waals surface area contributed by atoms with Crippen LogP contribution >= 0.6 is 0 Å². The predicted octanol–water partition coefficient (Wildman–Crippen LogP) is 9.89. The van der Waals surface area contributed by atoms with E-state index in [-0.39, 0.29) is 0 Å². The molecule has 45 heavy (non-hydrogen) atoms. The predicted molar refractivity (Wildman–Crippen MR) is 185 cm³/mol. The van der Waals surface area contributed by atoms with Gasteiger partial charge in [0, 0.05) is 16.7 Å². The van der Waals surface area contributed by atoms with Crippen LogP contribution in [0, 0.1) is 0 Å². The summed E-state index contributed by atoms with van der Waals surface area (Å²) in [5.74, 6) is 1.64. The minimum absolute atomic E-state index is 0.814. The summed E-state index contributed by atoms with van der Waals surface area (Å²) in [5.41, 5.74) is 13.2. The number of hydrogen-bond acceptors (Lipinski definition) is 2. The van der Waals surface area contributed by atoms with Crippen LogP contribution in [0.5, 0.6) is 11.5 Å². The summed E-state index contributed by atoms with van der Waals surface area (Å²) in [5, 5.41) is 0. The number of fused-ring (bicyclic) bond motifs is 1. The van der Waals surface area contributed by atoms with Crippen LogP contribution in [0.3, 0.4) is 0 Å². The van der Waals surface area contributed by atoms with E-state index in [4.69, 9.17) is 16.1 Å². The molecule has 0 unspecified atom stereocenters. The summed E-state index contributed by atoms with van der Waals surface area (Å²) in [7, 11) is 3.39. The van der Waals surface area contributed by atoms with Gasteiger partial charge in [0.15, 0.2) is 17.4 Å². The van der Waals surface area contributed by atoms with E-state index in [9.17, 15) is 0 Å². The molecule has 0 saturated carbocycles. The summed E-state index contributed by atoms with van der Waals surface area (Å²) in [4.78, 5) is 0. The highest BCUT2D eigenvalue weighted by Gasteiger charge is 2.29. The van der Waals surface area contributed by atoms with Crippen molar-refractivity contribution < 1.29 is 13.9 Å². The van der Waals surface area contributed by atoms with Crippen molar-refractivity contribution in [3.8, 4) is 56.1 Å². The standard InChI is InChI=1S/C42H33NO2/c1-29(30-19-23-36(44-2)24-20-30)39-40(33-15-9-5-10-16-33)42-38(32-21-25-37(45-3)26-22-32)27-35(31-13-7-4-8-14-31)28-43(42)41(39)34-17-11-6-12-18-34/h4-28H,1H2,2-3H3. The molecule has 0 N–H and O–H groups in total. The molecule has 0 spiro atoms. The topological polar surface area (TPSA) is 22.6 Å². The van der Waals surface area contributed by atoms with Crippen LogP contribution in [0.15, 0.2) is 158 Å². The second kappa shape index (κ2) is 12.1. The highest BCUT2D eigenvalue weighted by atomic mass is 16.5. The van der Waals surface area contributed by atoms with E-state index in [1.54, 1.807) is 14.2 Å². The van der Waals surface area contributed by atoms with E-state index in [0.29, 0.717) is 0 Å². The van der Waals surface area contributed by atoms with Crippen LogP contribution < -0.4 is 13.9 Å². The van der Waals surface area contributed by atoms with Crippen LogP contribution in [0.2, 0.25) is 0 Å². The molecule has 218 valence electrons. The Bertz CT molecular complexity index is 2090. The first-order chi connectivity index (χ1) is 22.2. The first-order valence-electron chi connectivity index (χ1n) is 15.0. The van der Waals surface area contributed by atoms with Crippen molar-refractivity contribution in [1.82, 2.24) is 0 Å². The Morgan fingerprint density at radius 1 is 0.578 bits per heavy atom. The maximum absolute atomic E-state index is 5.53. The van der Waals surface area contributed by atoms with Gasteiger partial charge in [-0.15, -0.1) is 18.7 Å². The second-order valence-corrected chi connectivity index (χ2v) is 11.0. The van der Waals surface area contributed by atoms with Gasteiger partial charge in [-0.05, 0) is 52.1 Å². The lowest BCUT2D eigenvalue weighted by Crippen LogP contribution is -2.23. The summed E-state index contributed by atoms with van der Waals surface area (Å²) < 4.78 is 13.4. The number of aromatic nitrogens is 1. The monoisotopic (exact) mass is 583 g/mol. The molecule has 3 heteroatoms. The van der Waals surface area contributed by atoms with Gasteiger partial charge in [0.25, 0.3) is 0 Å². The van der Waals surface area contributed by atoms with Crippen molar-refractivity contribution in [1.29, 1.82) is 0 Å². The summed E-state index contributed by atoms with van der Waals surface area (Å²) in [6, 6.07) is 50.7. The molecule has 3 nitrogen and oxygen atoms in total. The van der Waals surface area contributed by atoms with Crippen molar-refractivity contribution in [3.05, 3.63) is 169 Å². The number of methoxy groups -OCH3 is 2. The molecule has 0 aliphatic rings. The Balaban J connectivity index is 1.65. The number of pyridine rings is 1. The molecular weight excluding hydrogens is 550 g/mol. The van der Waals surface area contributed by atoms with Crippen molar-refractivity contribution >= 4 is 11.1 Å². The van der Waals surface area contributed by atoms with Crippen LogP contribution in [-0.2, 0) is 0 Å². The zero-order chi connectivity index (χ0) is 30.8. The SMILES string of the molecule is C=C(c1ccc(OC)cc1)c1c(-c2ccccc2)[n+]2cc(-c3ccccc3)cc(-c3ccc(OC)cc3)c2[c-]1-c1ccccc1. The fourth-order valence-electron chi connectivity index (χ4n) is 6.16. The van der Waals surface area contributed by atoms with Gasteiger partial charge in [0.05, 0.1) is 14.2 Å². The van der Waals surface area contributed by atoms with Crippen LogP contribution in [0.25, 0.3) is 55.7 Å². The number of rotatable bonds is 8. The van der Waals surface area contributed by atoms with Crippen molar-refractivity contribution in [2.75, 3.05) is 14.2 Å². The summed E-state index contributed by atoms with van der Waals surface area (Å²) in [6.45, 7) is 4.75. The largest absolute Gasteiger partial charge is 0.497 e. The van der Waals surface area contributed by atoms with Gasteiger partial charge in [-0.2, -0.15) is 4.40 Å². The van der Waals surface area contributed by atoms with Crippen molar-refractivity contribution in [2.45, 2.75) is 0 Å². The third-order valence-corrected chi connectivity index (χ3v) is 8.39. The highest BCUT2D eigenvalue weighted by Crippen LogP contribution is 2.44. The Hall–Kier alpha value is -5.80. The maximum Gasteiger partial charge on any atom is 0.175 e. The molecule has 0 fully saturated rings. The second-order valence-electron chi connectivity index (χ2n) is 11.0. The molecule has 0 saturated heterocycles. The minimum Gasteiger partial charge on any atom is -0.497 e. The molecular formula is C42H33NO2. The van der Waals surface area contributed by atoms with E-state index >= 15 is 0 Å². The zero-order valence-electron chi connectivity index (χ0n) is 25.4. The first kappa shape index (κ1) is 28.0. The Morgan fingerprint density at radius 3 is 1.69 bits per heavy atom. The normalized spacial score (nSPS) is 11.0. The minimum atomic E-state index is 0.814. The Kier molecular flexibility index (Phi) is 7.51. The summed E-state index contributed by atoms with van der Waals surface area (Å²) in [6.07, 6.45) is 2.28. The number of hydrogen-bond donors (Lipinski definition) is 0. The summed E-state index contributed by atoms with van der Waals surface area (Å²) >= 11 is 0. The third kappa shape index (κ3) is 5.19. The molecule has 0 bridgehead atoms. The lowest BCUT2D eigenvalue weighted by Gasteiger charge is -2.15. The van der Waals surface area contributed by atoms with Gasteiger partial charge in [-0.25, -0.2) is 0 Å². The van der Waals surface area contributed by atoms with Crippen LogP contribution in [-0.4, -0.2) is 14.2 Å². The number of nitrogens with zero attached hydrogens (tertiary/aromatic N) is 1. The van der Waals surface area contributed by atoms with Crippen LogP contribution in [0.1, 0.15) is 11.1 Å². The molecule has 0 aliphatic carbocycles. The molecule has 2 aromatic heterocycles. The van der Waals surface area contributed by atoms with Gasteiger partial charge >= 0.3 is 0 Å². The lowest BCUT2D eigenvalue weighted by molar-refractivity contribution is -0.495. The van der Waals surface area contributed by atoms with Gasteiger partial charge < -0.3 is 9.47 Å². The Morgan fingerprint density at radius 2 is 1.11 bits per heavy atom. The van der Waals surface area contributed by atoms with Gasteiger partial charge in [0.1, 0.15) is 11.5 Å². The Labute approximate surface area is 264 Å². The molecule has 7 aromatic rings. The number of ether oxygens (including phenoxy) is 2. The fourth-order valence-corrected chi connectivity index (χ4v) is 6.16. The van der Waals surface area contributed by atoms with E-state index in [1.165, 1.54) is 0 Å². The molecule has 0 aliphatic heterocycles. The van der Waals surface area contributed by atoms with E-state index in [0.717, 1.165) is 78.4 Å². The van der Waals surface area contributed by atoms with E-state index in [1.807, 2.05) is 24.3 Å². The highest BCUT2D eigenvalue weighted by molar-refractivity contribution is 6.03. The van der Waals surface area contributed by atoms with Gasteiger partial charge in [-0.3, -0.25) is 0 Å². The molecule has 0 radical (unpaired) electrons. The number of benzene rings is 5. The smallest absolute Gasteiger partial charge is 0.175 e. The maximum atomic E-state index is 5.53. The average molecular weight is 584 g/mol.